The Hall–Kier alpha value is -2.15. The van der Waals surface area contributed by atoms with Gasteiger partial charge in [-0.15, -0.1) is 0 Å². The van der Waals surface area contributed by atoms with Crippen molar-refractivity contribution in [2.75, 3.05) is 11.1 Å². The van der Waals surface area contributed by atoms with Gasteiger partial charge in [-0.1, -0.05) is 17.8 Å². The number of carbonyl (C=O) groups excluding carboxylic acids is 1. The van der Waals surface area contributed by atoms with E-state index in [9.17, 15) is 14.0 Å². The number of aryl methyl sites for hydroxylation is 2. The molecule has 2 rings (SSSR count). The summed E-state index contributed by atoms with van der Waals surface area (Å²) in [4.78, 5) is 29.7. The number of benzene rings is 1. The number of rotatable bonds is 4. The van der Waals surface area contributed by atoms with E-state index < -0.39 is 5.82 Å². The second kappa shape index (κ2) is 6.53. The standard InChI is InChI=1S/C14H14FN3O2S/c1-8-3-4-10(15)11(5-8)17-13(20)7-21-14-16-9(2)6-12(19)18-14/h3-6H,7H2,1-2H3,(H,17,20)(H,16,18,19). The molecule has 7 heteroatoms. The molecule has 0 fully saturated rings. The van der Waals surface area contributed by atoms with E-state index in [1.807, 2.05) is 6.92 Å². The fourth-order valence-electron chi connectivity index (χ4n) is 1.68. The zero-order valence-corrected chi connectivity index (χ0v) is 12.4. The number of hydrogen-bond donors (Lipinski definition) is 2. The number of amides is 1. The maximum Gasteiger partial charge on any atom is 0.251 e. The van der Waals surface area contributed by atoms with E-state index in [2.05, 4.69) is 15.3 Å². The van der Waals surface area contributed by atoms with Gasteiger partial charge in [0.15, 0.2) is 5.16 Å². The number of aromatic amines is 1. The highest BCUT2D eigenvalue weighted by atomic mass is 32.2. The van der Waals surface area contributed by atoms with Crippen LogP contribution in [0.3, 0.4) is 0 Å². The first-order valence-electron chi connectivity index (χ1n) is 6.21. The van der Waals surface area contributed by atoms with Gasteiger partial charge in [-0.05, 0) is 31.5 Å². The van der Waals surface area contributed by atoms with Crippen molar-refractivity contribution in [3.63, 3.8) is 0 Å². The Morgan fingerprint density at radius 2 is 2.14 bits per heavy atom. The van der Waals surface area contributed by atoms with Gasteiger partial charge in [0.25, 0.3) is 5.56 Å². The number of anilines is 1. The lowest BCUT2D eigenvalue weighted by Crippen LogP contribution is -2.16. The molecule has 0 saturated carbocycles. The molecule has 2 aromatic rings. The Kier molecular flexibility index (Phi) is 4.74. The lowest BCUT2D eigenvalue weighted by Gasteiger charge is -2.07. The highest BCUT2D eigenvalue weighted by molar-refractivity contribution is 7.99. The fraction of sp³-hybridized carbons (Fsp3) is 0.214. The first-order valence-corrected chi connectivity index (χ1v) is 7.19. The maximum absolute atomic E-state index is 13.5. The van der Waals surface area contributed by atoms with E-state index in [0.717, 1.165) is 17.3 Å². The van der Waals surface area contributed by atoms with E-state index in [1.54, 1.807) is 19.1 Å². The minimum absolute atomic E-state index is 0.0276. The Morgan fingerprint density at radius 3 is 2.86 bits per heavy atom. The van der Waals surface area contributed by atoms with Crippen LogP contribution < -0.4 is 10.9 Å². The van der Waals surface area contributed by atoms with Gasteiger partial charge in [-0.2, -0.15) is 0 Å². The average Bonchev–Trinajstić information content (AvgIpc) is 2.40. The quantitative estimate of drug-likeness (QED) is 0.671. The zero-order chi connectivity index (χ0) is 15.4. The Balaban J connectivity index is 1.99. The van der Waals surface area contributed by atoms with Crippen molar-refractivity contribution >= 4 is 23.4 Å². The number of aromatic nitrogens is 2. The molecule has 1 amide bonds. The van der Waals surface area contributed by atoms with Crippen LogP contribution in [0.1, 0.15) is 11.3 Å². The molecular formula is C14H14FN3O2S. The summed E-state index contributed by atoms with van der Waals surface area (Å²) >= 11 is 1.09. The van der Waals surface area contributed by atoms with Crippen LogP contribution in [-0.4, -0.2) is 21.6 Å². The summed E-state index contributed by atoms with van der Waals surface area (Å²) in [6.45, 7) is 3.51. The predicted molar refractivity (Wildman–Crippen MR) is 80.1 cm³/mol. The number of carbonyl (C=O) groups is 1. The monoisotopic (exact) mass is 307 g/mol. The number of nitrogens with zero attached hydrogens (tertiary/aromatic N) is 1. The van der Waals surface area contributed by atoms with Crippen LogP contribution in [0, 0.1) is 19.7 Å². The van der Waals surface area contributed by atoms with E-state index in [-0.39, 0.29) is 22.9 Å². The third-order valence-electron chi connectivity index (χ3n) is 2.58. The number of halogens is 1. The molecular weight excluding hydrogens is 293 g/mol. The molecule has 5 nitrogen and oxygen atoms in total. The van der Waals surface area contributed by atoms with Crippen molar-refractivity contribution in [3.05, 3.63) is 51.7 Å². The first-order chi connectivity index (χ1) is 9.94. The Bertz CT molecular complexity index is 730. The smallest absolute Gasteiger partial charge is 0.251 e. The van der Waals surface area contributed by atoms with Crippen LogP contribution in [0.5, 0.6) is 0 Å². The zero-order valence-electron chi connectivity index (χ0n) is 11.6. The molecule has 0 aliphatic heterocycles. The molecule has 0 atom stereocenters. The van der Waals surface area contributed by atoms with Gasteiger partial charge in [-0.3, -0.25) is 9.59 Å². The van der Waals surface area contributed by atoms with Gasteiger partial charge in [0.05, 0.1) is 11.4 Å². The van der Waals surface area contributed by atoms with Crippen molar-refractivity contribution < 1.29 is 9.18 Å². The van der Waals surface area contributed by atoms with E-state index >= 15 is 0 Å². The molecule has 0 unspecified atom stereocenters. The van der Waals surface area contributed by atoms with Gasteiger partial charge in [-0.25, -0.2) is 9.37 Å². The lowest BCUT2D eigenvalue weighted by atomic mass is 10.2. The predicted octanol–water partition coefficient (Wildman–Crippen LogP) is 2.26. The second-order valence-electron chi connectivity index (χ2n) is 4.51. The van der Waals surface area contributed by atoms with Gasteiger partial charge in [0.2, 0.25) is 5.91 Å². The molecule has 1 aromatic carbocycles. The summed E-state index contributed by atoms with van der Waals surface area (Å²) < 4.78 is 13.5. The Morgan fingerprint density at radius 1 is 1.38 bits per heavy atom. The summed E-state index contributed by atoms with van der Waals surface area (Å²) in [5.74, 6) is -0.825. The van der Waals surface area contributed by atoms with Crippen LogP contribution in [-0.2, 0) is 4.79 Å². The van der Waals surface area contributed by atoms with Gasteiger partial charge in [0, 0.05) is 11.8 Å². The van der Waals surface area contributed by atoms with Crippen LogP contribution >= 0.6 is 11.8 Å². The van der Waals surface area contributed by atoms with Crippen LogP contribution in [0.4, 0.5) is 10.1 Å². The third kappa shape index (κ3) is 4.42. The van der Waals surface area contributed by atoms with Gasteiger partial charge >= 0.3 is 0 Å². The minimum atomic E-state index is -0.485. The first kappa shape index (κ1) is 15.2. The normalized spacial score (nSPS) is 10.4. The minimum Gasteiger partial charge on any atom is -0.323 e. The molecule has 1 heterocycles. The molecule has 1 aromatic heterocycles. The van der Waals surface area contributed by atoms with Crippen molar-refractivity contribution in [1.82, 2.24) is 9.97 Å². The number of H-pyrrole nitrogens is 1. The molecule has 0 aliphatic rings. The van der Waals surface area contributed by atoms with Crippen molar-refractivity contribution in [2.45, 2.75) is 19.0 Å². The molecule has 0 radical (unpaired) electrons. The van der Waals surface area contributed by atoms with Crippen molar-refractivity contribution in [3.8, 4) is 0 Å². The summed E-state index contributed by atoms with van der Waals surface area (Å²) in [6, 6.07) is 5.86. The maximum atomic E-state index is 13.5. The Labute approximate surface area is 125 Å². The molecule has 0 aliphatic carbocycles. The van der Waals surface area contributed by atoms with Crippen LogP contribution in [0.15, 0.2) is 34.2 Å². The average molecular weight is 307 g/mol. The largest absolute Gasteiger partial charge is 0.323 e. The summed E-state index contributed by atoms with van der Waals surface area (Å²) in [6.07, 6.45) is 0. The van der Waals surface area contributed by atoms with Crippen molar-refractivity contribution in [1.29, 1.82) is 0 Å². The lowest BCUT2D eigenvalue weighted by molar-refractivity contribution is -0.113. The fourth-order valence-corrected chi connectivity index (χ4v) is 2.40. The molecule has 0 bridgehead atoms. The highest BCUT2D eigenvalue weighted by Gasteiger charge is 2.09. The molecule has 110 valence electrons. The molecule has 21 heavy (non-hydrogen) atoms. The topological polar surface area (TPSA) is 74.8 Å². The van der Waals surface area contributed by atoms with E-state index in [0.29, 0.717) is 10.9 Å². The molecule has 2 N–H and O–H groups in total. The summed E-state index contributed by atoms with van der Waals surface area (Å²) in [5, 5.41) is 2.86. The summed E-state index contributed by atoms with van der Waals surface area (Å²) in [7, 11) is 0. The molecule has 0 spiro atoms. The number of nitrogens with one attached hydrogen (secondary N) is 2. The van der Waals surface area contributed by atoms with E-state index in [4.69, 9.17) is 0 Å². The van der Waals surface area contributed by atoms with Crippen LogP contribution in [0.2, 0.25) is 0 Å². The van der Waals surface area contributed by atoms with E-state index in [1.165, 1.54) is 12.1 Å². The summed E-state index contributed by atoms with van der Waals surface area (Å²) in [5.41, 5.74) is 1.30. The van der Waals surface area contributed by atoms with Gasteiger partial charge < -0.3 is 10.3 Å². The van der Waals surface area contributed by atoms with Gasteiger partial charge in [0.1, 0.15) is 5.82 Å². The van der Waals surface area contributed by atoms with Crippen LogP contribution in [0.25, 0.3) is 0 Å². The highest BCUT2D eigenvalue weighted by Crippen LogP contribution is 2.17. The van der Waals surface area contributed by atoms with Crippen molar-refractivity contribution in [2.24, 2.45) is 0 Å². The number of thioether (sulfide) groups is 1. The number of hydrogen-bond acceptors (Lipinski definition) is 4. The third-order valence-corrected chi connectivity index (χ3v) is 3.46. The molecule has 0 saturated heterocycles. The SMILES string of the molecule is Cc1ccc(F)c(NC(=O)CSc2nc(C)cc(=O)[nH]2)c1. The second-order valence-corrected chi connectivity index (χ2v) is 5.48.